The molecule has 1 heterocycles. The Morgan fingerprint density at radius 2 is 2.00 bits per heavy atom. The van der Waals surface area contributed by atoms with Crippen molar-refractivity contribution in [3.63, 3.8) is 0 Å². The average Bonchev–Trinajstić information content (AvgIpc) is 2.58. The fraction of sp³-hybridized carbons (Fsp3) is 0.500. The van der Waals surface area contributed by atoms with Gasteiger partial charge in [0.25, 0.3) is 5.91 Å². The summed E-state index contributed by atoms with van der Waals surface area (Å²) in [4.78, 5) is 14.5. The molecule has 0 spiro atoms. The molecule has 128 valence electrons. The van der Waals surface area contributed by atoms with Crippen molar-refractivity contribution in [1.82, 2.24) is 10.2 Å². The third-order valence-corrected chi connectivity index (χ3v) is 4.05. The topological polar surface area (TPSA) is 41.6 Å². The summed E-state index contributed by atoms with van der Waals surface area (Å²) in [6.45, 7) is 10.0. The second-order valence-corrected chi connectivity index (χ2v) is 5.67. The summed E-state index contributed by atoms with van der Waals surface area (Å²) in [5.41, 5.74) is 0.732. The summed E-state index contributed by atoms with van der Waals surface area (Å²) in [6, 6.07) is 7.36. The third-order valence-electron chi connectivity index (χ3n) is 4.05. The highest BCUT2D eigenvalue weighted by Crippen LogP contribution is 2.20. The van der Waals surface area contributed by atoms with E-state index >= 15 is 0 Å². The lowest BCUT2D eigenvalue weighted by atomic mass is 9.96. The van der Waals surface area contributed by atoms with Gasteiger partial charge in [0.05, 0.1) is 0 Å². The maximum absolute atomic E-state index is 12.5. The molecule has 1 fully saturated rings. The monoisotopic (exact) mass is 338 g/mol. The van der Waals surface area contributed by atoms with Gasteiger partial charge in [0.1, 0.15) is 12.4 Å². The molecule has 1 aliphatic heterocycles. The Morgan fingerprint density at radius 3 is 2.57 bits per heavy atom. The molecule has 0 saturated carbocycles. The number of halogens is 1. The van der Waals surface area contributed by atoms with Gasteiger partial charge in [0, 0.05) is 18.7 Å². The second kappa shape index (κ2) is 10.3. The molecule has 1 N–H and O–H groups in total. The molecule has 1 aliphatic rings. The average molecular weight is 339 g/mol. The van der Waals surface area contributed by atoms with Gasteiger partial charge in [-0.15, -0.1) is 12.4 Å². The first-order chi connectivity index (χ1) is 10.7. The summed E-state index contributed by atoms with van der Waals surface area (Å²) in [5, 5.41) is 3.39. The van der Waals surface area contributed by atoms with Crippen molar-refractivity contribution in [3.8, 4) is 5.75 Å². The van der Waals surface area contributed by atoms with Crippen molar-refractivity contribution < 1.29 is 9.53 Å². The molecule has 4 nitrogen and oxygen atoms in total. The minimum Gasteiger partial charge on any atom is -0.490 e. The number of carbonyl (C=O) groups is 1. The number of piperidine rings is 1. The van der Waals surface area contributed by atoms with Crippen LogP contribution in [0.5, 0.6) is 5.75 Å². The summed E-state index contributed by atoms with van der Waals surface area (Å²) >= 11 is 0. The number of nitrogens with one attached hydrogen (secondary N) is 1. The van der Waals surface area contributed by atoms with Crippen LogP contribution in [0.2, 0.25) is 0 Å². The number of hydrogen-bond acceptors (Lipinski definition) is 3. The Balaban J connectivity index is 0.00000264. The molecule has 0 radical (unpaired) electrons. The van der Waals surface area contributed by atoms with E-state index in [1.165, 1.54) is 0 Å². The van der Waals surface area contributed by atoms with E-state index in [-0.39, 0.29) is 18.3 Å². The number of hydrogen-bond donors (Lipinski definition) is 1. The number of amides is 1. The van der Waals surface area contributed by atoms with E-state index in [2.05, 4.69) is 18.8 Å². The van der Waals surface area contributed by atoms with E-state index in [4.69, 9.17) is 4.74 Å². The van der Waals surface area contributed by atoms with Crippen molar-refractivity contribution in [1.29, 1.82) is 0 Å². The quantitative estimate of drug-likeness (QED) is 0.777. The molecular weight excluding hydrogens is 312 g/mol. The molecule has 0 aromatic heterocycles. The Morgan fingerprint density at radius 1 is 1.35 bits per heavy atom. The lowest BCUT2D eigenvalue weighted by molar-refractivity contribution is 0.0690. The van der Waals surface area contributed by atoms with Crippen LogP contribution in [0.15, 0.2) is 36.9 Å². The van der Waals surface area contributed by atoms with Crippen LogP contribution in [0.3, 0.4) is 0 Å². The summed E-state index contributed by atoms with van der Waals surface area (Å²) in [6.07, 6.45) is 3.87. The van der Waals surface area contributed by atoms with Gasteiger partial charge < -0.3 is 15.0 Å². The van der Waals surface area contributed by atoms with Crippen molar-refractivity contribution >= 4 is 18.3 Å². The van der Waals surface area contributed by atoms with E-state index in [1.807, 2.05) is 29.2 Å². The predicted octanol–water partition coefficient (Wildman–Crippen LogP) is 3.13. The van der Waals surface area contributed by atoms with Crippen LogP contribution in [0, 0.1) is 5.92 Å². The van der Waals surface area contributed by atoms with Crippen LogP contribution in [-0.4, -0.2) is 43.6 Å². The number of rotatable bonds is 7. The van der Waals surface area contributed by atoms with Crippen LogP contribution < -0.4 is 10.1 Å². The van der Waals surface area contributed by atoms with Crippen molar-refractivity contribution in [2.75, 3.05) is 32.8 Å². The molecule has 1 amide bonds. The maximum atomic E-state index is 12.5. The molecule has 0 bridgehead atoms. The molecule has 0 unspecified atom stereocenters. The largest absolute Gasteiger partial charge is 0.490 e. The summed E-state index contributed by atoms with van der Waals surface area (Å²) < 4.78 is 5.44. The first kappa shape index (κ1) is 19.5. The van der Waals surface area contributed by atoms with E-state index in [0.717, 1.165) is 50.3 Å². The molecule has 5 heteroatoms. The highest BCUT2D eigenvalue weighted by Gasteiger charge is 2.23. The minimum absolute atomic E-state index is 0. The predicted molar refractivity (Wildman–Crippen MR) is 96.6 cm³/mol. The minimum atomic E-state index is 0. The Hall–Kier alpha value is -1.52. The normalized spacial score (nSPS) is 14.9. The zero-order valence-corrected chi connectivity index (χ0v) is 14.6. The first-order valence-electron chi connectivity index (χ1n) is 8.08. The molecule has 1 aromatic carbocycles. The molecule has 1 saturated heterocycles. The smallest absolute Gasteiger partial charge is 0.253 e. The second-order valence-electron chi connectivity index (χ2n) is 5.67. The first-order valence-corrected chi connectivity index (χ1v) is 8.08. The lowest BCUT2D eigenvalue weighted by Gasteiger charge is -2.32. The van der Waals surface area contributed by atoms with Crippen molar-refractivity contribution in [3.05, 3.63) is 42.5 Å². The van der Waals surface area contributed by atoms with Gasteiger partial charge in [0.2, 0.25) is 0 Å². The zero-order chi connectivity index (χ0) is 15.8. The van der Waals surface area contributed by atoms with Gasteiger partial charge >= 0.3 is 0 Å². The number of carbonyl (C=O) groups excluding carboxylic acids is 1. The van der Waals surface area contributed by atoms with E-state index in [9.17, 15) is 4.79 Å². The Kier molecular flexibility index (Phi) is 8.74. The number of benzene rings is 1. The van der Waals surface area contributed by atoms with E-state index in [1.54, 1.807) is 6.08 Å². The van der Waals surface area contributed by atoms with Crippen molar-refractivity contribution in [2.45, 2.75) is 19.8 Å². The van der Waals surface area contributed by atoms with Crippen molar-refractivity contribution in [2.24, 2.45) is 5.92 Å². The molecule has 1 aromatic rings. The Bertz CT molecular complexity index is 482. The summed E-state index contributed by atoms with van der Waals surface area (Å²) in [7, 11) is 0. The molecular formula is C18H27ClN2O2. The summed E-state index contributed by atoms with van der Waals surface area (Å²) in [5.74, 6) is 1.58. The number of ether oxygens (including phenoxy) is 1. The van der Waals surface area contributed by atoms with Gasteiger partial charge in [-0.1, -0.05) is 19.6 Å². The standard InChI is InChI=1S/C18H26N2O2.ClH/c1-3-13-22-17-7-5-16(6-8-17)18(21)20-11-9-15(10-12-20)14-19-4-2;/h3,5-8,15,19H,1,4,9-14H2,2H3;1H. The van der Waals surface area contributed by atoms with Gasteiger partial charge in [0.15, 0.2) is 0 Å². The van der Waals surface area contributed by atoms with Crippen LogP contribution in [0.4, 0.5) is 0 Å². The van der Waals surface area contributed by atoms with E-state index < -0.39 is 0 Å². The molecule has 0 aliphatic carbocycles. The van der Waals surface area contributed by atoms with Crippen LogP contribution in [0.25, 0.3) is 0 Å². The van der Waals surface area contributed by atoms with E-state index in [0.29, 0.717) is 12.5 Å². The molecule has 0 atom stereocenters. The zero-order valence-electron chi connectivity index (χ0n) is 13.8. The fourth-order valence-electron chi connectivity index (χ4n) is 2.72. The third kappa shape index (κ3) is 5.88. The maximum Gasteiger partial charge on any atom is 0.253 e. The fourth-order valence-corrected chi connectivity index (χ4v) is 2.72. The highest BCUT2D eigenvalue weighted by molar-refractivity contribution is 5.94. The van der Waals surface area contributed by atoms with Crippen LogP contribution in [0.1, 0.15) is 30.1 Å². The molecule has 23 heavy (non-hydrogen) atoms. The van der Waals surface area contributed by atoms with Crippen LogP contribution in [-0.2, 0) is 0 Å². The lowest BCUT2D eigenvalue weighted by Crippen LogP contribution is -2.40. The van der Waals surface area contributed by atoms with Crippen LogP contribution >= 0.6 is 12.4 Å². The molecule has 2 rings (SSSR count). The SMILES string of the molecule is C=CCOc1ccc(C(=O)N2CCC(CNCC)CC2)cc1.Cl. The number of likely N-dealkylation sites (tertiary alicyclic amines) is 1. The van der Waals surface area contributed by atoms with Gasteiger partial charge in [-0.25, -0.2) is 0 Å². The Labute approximate surface area is 145 Å². The van der Waals surface area contributed by atoms with Gasteiger partial charge in [-0.2, -0.15) is 0 Å². The van der Waals surface area contributed by atoms with Gasteiger partial charge in [-0.05, 0) is 56.1 Å². The van der Waals surface area contributed by atoms with Gasteiger partial charge in [-0.3, -0.25) is 4.79 Å². The number of nitrogens with zero attached hydrogens (tertiary/aromatic N) is 1. The highest BCUT2D eigenvalue weighted by atomic mass is 35.5.